The molecule has 2 rings (SSSR count). The molecule has 1 N–H and O–H groups in total. The highest BCUT2D eigenvalue weighted by Crippen LogP contribution is 2.30. The van der Waals surface area contributed by atoms with Crippen molar-refractivity contribution < 1.29 is 27.1 Å². The number of anilines is 1. The van der Waals surface area contributed by atoms with Crippen molar-refractivity contribution in [3.8, 4) is 5.75 Å². The first-order chi connectivity index (χ1) is 16.5. The predicted octanol–water partition coefficient (Wildman–Crippen LogP) is 3.32. The average molecular weight is 508 g/mol. The highest BCUT2D eigenvalue weighted by atomic mass is 32.2. The van der Waals surface area contributed by atoms with E-state index >= 15 is 0 Å². The van der Waals surface area contributed by atoms with Gasteiger partial charge in [-0.15, -0.1) is 0 Å². The molecule has 8 nitrogen and oxygen atoms in total. The number of hydrogen-bond acceptors (Lipinski definition) is 5. The smallest absolute Gasteiger partial charge is 0.244 e. The second-order valence-electron chi connectivity index (χ2n) is 8.41. The lowest BCUT2D eigenvalue weighted by Gasteiger charge is -2.33. The van der Waals surface area contributed by atoms with Crippen molar-refractivity contribution in [3.63, 3.8) is 0 Å². The van der Waals surface area contributed by atoms with Gasteiger partial charge in [-0.05, 0) is 57.0 Å². The molecule has 35 heavy (non-hydrogen) atoms. The first-order valence-electron chi connectivity index (χ1n) is 11.5. The van der Waals surface area contributed by atoms with E-state index in [9.17, 15) is 22.4 Å². The SMILES string of the molecule is CCOc1ccccc1N(CC(=O)N(Cc1ccc(F)cc1)[C@@H](CC)C(=O)NC(C)C)S(C)(=O)=O. The Morgan fingerprint density at radius 1 is 1.06 bits per heavy atom. The molecular formula is C25H34FN3O5S. The standard InChI is InChI=1S/C25H34FN3O5S/c1-6-21(25(31)27-18(3)4)28(16-19-12-14-20(26)15-13-19)24(30)17-29(35(5,32)33)22-10-8-9-11-23(22)34-7-2/h8-15,18,21H,6-7,16-17H2,1-5H3,(H,27,31)/t21-/m0/s1. The summed E-state index contributed by atoms with van der Waals surface area (Å²) in [6, 6.07) is 11.2. The van der Waals surface area contributed by atoms with E-state index in [1.54, 1.807) is 38.1 Å². The second-order valence-corrected chi connectivity index (χ2v) is 10.3. The van der Waals surface area contributed by atoms with Crippen molar-refractivity contribution in [1.29, 1.82) is 0 Å². The summed E-state index contributed by atoms with van der Waals surface area (Å²) in [5.74, 6) is -1.02. The molecule has 0 aliphatic heterocycles. The van der Waals surface area contributed by atoms with E-state index in [4.69, 9.17) is 4.74 Å². The molecule has 0 radical (unpaired) electrons. The molecule has 2 aromatic carbocycles. The van der Waals surface area contributed by atoms with Crippen molar-refractivity contribution in [3.05, 3.63) is 59.9 Å². The summed E-state index contributed by atoms with van der Waals surface area (Å²) in [5, 5.41) is 2.82. The number of benzene rings is 2. The van der Waals surface area contributed by atoms with Gasteiger partial charge in [0, 0.05) is 12.6 Å². The largest absolute Gasteiger partial charge is 0.492 e. The van der Waals surface area contributed by atoms with Gasteiger partial charge in [-0.2, -0.15) is 0 Å². The molecule has 192 valence electrons. The van der Waals surface area contributed by atoms with E-state index < -0.39 is 34.3 Å². The second kappa shape index (κ2) is 12.5. The molecule has 2 amide bonds. The van der Waals surface area contributed by atoms with Crippen LogP contribution < -0.4 is 14.4 Å². The van der Waals surface area contributed by atoms with Crippen molar-refractivity contribution in [1.82, 2.24) is 10.2 Å². The average Bonchev–Trinajstić information content (AvgIpc) is 2.78. The van der Waals surface area contributed by atoms with Gasteiger partial charge in [0.1, 0.15) is 24.2 Å². The van der Waals surface area contributed by atoms with Crippen LogP contribution in [-0.2, 0) is 26.2 Å². The Bertz CT molecular complexity index is 1110. The summed E-state index contributed by atoms with van der Waals surface area (Å²) in [6.07, 6.45) is 1.32. The Balaban J connectivity index is 2.47. The summed E-state index contributed by atoms with van der Waals surface area (Å²) >= 11 is 0. The molecule has 0 bridgehead atoms. The normalized spacial score (nSPS) is 12.2. The first-order valence-corrected chi connectivity index (χ1v) is 13.4. The molecule has 10 heteroatoms. The fourth-order valence-corrected chi connectivity index (χ4v) is 4.48. The number of ether oxygens (including phenoxy) is 1. The molecule has 0 aromatic heterocycles. The summed E-state index contributed by atoms with van der Waals surface area (Å²) in [6.45, 7) is 6.96. The maximum absolute atomic E-state index is 13.6. The van der Waals surface area contributed by atoms with Crippen LogP contribution in [0.3, 0.4) is 0 Å². The zero-order valence-corrected chi connectivity index (χ0v) is 21.6. The number of nitrogens with zero attached hydrogens (tertiary/aromatic N) is 2. The number of amides is 2. The topological polar surface area (TPSA) is 96.0 Å². The molecule has 0 spiro atoms. The van der Waals surface area contributed by atoms with Gasteiger partial charge in [0.2, 0.25) is 21.8 Å². The number of sulfonamides is 1. The lowest BCUT2D eigenvalue weighted by molar-refractivity contribution is -0.140. The predicted molar refractivity (Wildman–Crippen MR) is 134 cm³/mol. The van der Waals surface area contributed by atoms with Gasteiger partial charge in [-0.25, -0.2) is 12.8 Å². The Morgan fingerprint density at radius 3 is 2.23 bits per heavy atom. The highest BCUT2D eigenvalue weighted by Gasteiger charge is 2.32. The lowest BCUT2D eigenvalue weighted by atomic mass is 10.1. The molecule has 0 saturated carbocycles. The van der Waals surface area contributed by atoms with E-state index in [0.29, 0.717) is 24.3 Å². The maximum atomic E-state index is 13.6. The third-order valence-electron chi connectivity index (χ3n) is 5.20. The molecule has 1 atom stereocenters. The van der Waals surface area contributed by atoms with Crippen LogP contribution in [0.15, 0.2) is 48.5 Å². The van der Waals surface area contributed by atoms with Crippen LogP contribution in [0.25, 0.3) is 0 Å². The molecule has 0 heterocycles. The van der Waals surface area contributed by atoms with Gasteiger partial charge in [-0.1, -0.05) is 31.2 Å². The zero-order chi connectivity index (χ0) is 26.2. The fraction of sp³-hybridized carbons (Fsp3) is 0.440. The number of halogens is 1. The van der Waals surface area contributed by atoms with Crippen molar-refractivity contribution in [2.24, 2.45) is 0 Å². The Morgan fingerprint density at radius 2 is 1.69 bits per heavy atom. The third-order valence-corrected chi connectivity index (χ3v) is 6.32. The lowest BCUT2D eigenvalue weighted by Crippen LogP contribution is -2.53. The van der Waals surface area contributed by atoms with E-state index in [-0.39, 0.29) is 24.2 Å². The number of carbonyl (C=O) groups is 2. The molecule has 0 fully saturated rings. The molecule has 0 aliphatic rings. The molecule has 2 aromatic rings. The van der Waals surface area contributed by atoms with Crippen LogP contribution in [0, 0.1) is 5.82 Å². The van der Waals surface area contributed by atoms with E-state index in [0.717, 1.165) is 10.6 Å². The minimum Gasteiger partial charge on any atom is -0.492 e. The fourth-order valence-electron chi connectivity index (χ4n) is 3.62. The quantitative estimate of drug-likeness (QED) is 0.476. The summed E-state index contributed by atoms with van der Waals surface area (Å²) < 4.78 is 45.5. The van der Waals surface area contributed by atoms with Crippen LogP contribution in [0.2, 0.25) is 0 Å². The van der Waals surface area contributed by atoms with Gasteiger partial charge in [0.25, 0.3) is 0 Å². The molecule has 0 saturated heterocycles. The zero-order valence-electron chi connectivity index (χ0n) is 20.8. The van der Waals surface area contributed by atoms with Crippen LogP contribution >= 0.6 is 0 Å². The summed E-state index contributed by atoms with van der Waals surface area (Å²) in [4.78, 5) is 27.9. The number of para-hydroxylation sites is 2. The Kier molecular flexibility index (Phi) is 10.1. The minimum absolute atomic E-state index is 0.00778. The minimum atomic E-state index is -3.88. The Labute approximate surface area is 207 Å². The van der Waals surface area contributed by atoms with E-state index in [1.807, 2.05) is 13.8 Å². The number of carbonyl (C=O) groups excluding carboxylic acids is 2. The summed E-state index contributed by atoms with van der Waals surface area (Å²) in [7, 11) is -3.88. The number of rotatable bonds is 12. The number of hydrogen-bond donors (Lipinski definition) is 1. The highest BCUT2D eigenvalue weighted by molar-refractivity contribution is 7.92. The van der Waals surface area contributed by atoms with Gasteiger partial charge >= 0.3 is 0 Å². The molecular weight excluding hydrogens is 473 g/mol. The van der Waals surface area contributed by atoms with Crippen LogP contribution in [0.5, 0.6) is 5.75 Å². The molecule has 0 unspecified atom stereocenters. The monoisotopic (exact) mass is 507 g/mol. The number of nitrogens with one attached hydrogen (secondary N) is 1. The first kappa shape index (κ1) is 28.1. The van der Waals surface area contributed by atoms with Gasteiger partial charge in [0.05, 0.1) is 18.6 Å². The summed E-state index contributed by atoms with van der Waals surface area (Å²) in [5.41, 5.74) is 0.836. The van der Waals surface area contributed by atoms with Crippen LogP contribution in [0.4, 0.5) is 10.1 Å². The van der Waals surface area contributed by atoms with Crippen molar-refractivity contribution in [2.45, 2.75) is 52.7 Å². The van der Waals surface area contributed by atoms with Crippen LogP contribution in [-0.4, -0.2) is 56.6 Å². The third kappa shape index (κ3) is 7.95. The van der Waals surface area contributed by atoms with Gasteiger partial charge in [0.15, 0.2) is 0 Å². The van der Waals surface area contributed by atoms with Gasteiger partial charge < -0.3 is 15.0 Å². The van der Waals surface area contributed by atoms with E-state index in [2.05, 4.69) is 5.32 Å². The molecule has 0 aliphatic carbocycles. The van der Waals surface area contributed by atoms with Crippen molar-refractivity contribution >= 4 is 27.5 Å². The van der Waals surface area contributed by atoms with E-state index in [1.165, 1.54) is 29.2 Å². The van der Waals surface area contributed by atoms with Gasteiger partial charge in [-0.3, -0.25) is 13.9 Å². The maximum Gasteiger partial charge on any atom is 0.244 e. The van der Waals surface area contributed by atoms with Crippen LogP contribution in [0.1, 0.15) is 39.7 Å². The Hall–Kier alpha value is -3.14. The van der Waals surface area contributed by atoms with Crippen molar-refractivity contribution in [2.75, 3.05) is 23.7 Å².